The molecule has 2 aliphatic heterocycles. The largest absolute Gasteiger partial charge is 0.353 e. The van der Waals surface area contributed by atoms with Crippen LogP contribution in [-0.2, 0) is 16.8 Å². The Labute approximate surface area is 190 Å². The van der Waals surface area contributed by atoms with Gasteiger partial charge in [-0.25, -0.2) is 0 Å². The number of fused-ring (bicyclic) bond motifs is 1. The van der Waals surface area contributed by atoms with E-state index in [9.17, 15) is 4.79 Å². The van der Waals surface area contributed by atoms with Gasteiger partial charge in [-0.15, -0.1) is 0 Å². The van der Waals surface area contributed by atoms with Crippen LogP contribution >= 0.6 is 0 Å². The quantitative estimate of drug-likeness (QED) is 0.718. The lowest BCUT2D eigenvalue weighted by atomic mass is 9.80. The number of carbonyl (C=O) groups is 1. The molecule has 3 fully saturated rings. The van der Waals surface area contributed by atoms with Crippen LogP contribution in [0.2, 0.25) is 0 Å². The van der Waals surface area contributed by atoms with Crippen LogP contribution in [0.15, 0.2) is 34.9 Å². The summed E-state index contributed by atoms with van der Waals surface area (Å²) in [6.07, 6.45) is 6.29. The molecular weight excluding hydrogens is 402 g/mol. The average Bonchev–Trinajstić information content (AvgIpc) is 3.46. The van der Waals surface area contributed by atoms with E-state index in [0.29, 0.717) is 18.2 Å². The molecule has 3 aliphatic rings. The van der Waals surface area contributed by atoms with E-state index in [4.69, 9.17) is 4.52 Å². The lowest BCUT2D eigenvalue weighted by molar-refractivity contribution is -0.122. The van der Waals surface area contributed by atoms with E-state index in [1.165, 1.54) is 24.8 Å². The molecule has 3 unspecified atom stereocenters. The van der Waals surface area contributed by atoms with E-state index in [-0.39, 0.29) is 17.4 Å². The lowest BCUT2D eigenvalue weighted by Crippen LogP contribution is -2.39. The second-order valence-electron chi connectivity index (χ2n) is 10.0. The molecule has 2 saturated heterocycles. The normalized spacial score (nSPS) is 28.7. The zero-order valence-corrected chi connectivity index (χ0v) is 19.1. The fourth-order valence-electron chi connectivity index (χ4n) is 6.12. The van der Waals surface area contributed by atoms with Crippen molar-refractivity contribution < 1.29 is 9.32 Å². The maximum absolute atomic E-state index is 12.7. The number of likely N-dealkylation sites (tertiary alicyclic amines) is 2. The number of carbonyl (C=O) groups excluding carboxylic acids is 1. The van der Waals surface area contributed by atoms with Crippen molar-refractivity contribution in [2.45, 2.75) is 63.5 Å². The van der Waals surface area contributed by atoms with Gasteiger partial charge in [-0.05, 0) is 57.2 Å². The predicted octanol–water partition coefficient (Wildman–Crippen LogP) is 2.90. The van der Waals surface area contributed by atoms with Crippen LogP contribution < -0.4 is 5.32 Å². The Kier molecular flexibility index (Phi) is 6.28. The Bertz CT molecular complexity index is 910. The van der Waals surface area contributed by atoms with Crippen LogP contribution in [-0.4, -0.2) is 64.6 Å². The summed E-state index contributed by atoms with van der Waals surface area (Å²) in [7, 11) is 0. The topological polar surface area (TPSA) is 74.5 Å². The van der Waals surface area contributed by atoms with Gasteiger partial charge in [0.1, 0.15) is 0 Å². The van der Waals surface area contributed by atoms with Crippen molar-refractivity contribution in [2.75, 3.05) is 32.7 Å². The van der Waals surface area contributed by atoms with Gasteiger partial charge in [0.05, 0.1) is 5.41 Å². The molecule has 0 radical (unpaired) electrons. The number of amides is 1. The van der Waals surface area contributed by atoms with E-state index < -0.39 is 0 Å². The molecule has 7 nitrogen and oxygen atoms in total. The molecule has 1 aliphatic carbocycles. The van der Waals surface area contributed by atoms with Crippen molar-refractivity contribution in [2.24, 2.45) is 5.92 Å². The van der Waals surface area contributed by atoms with Gasteiger partial charge in [0, 0.05) is 38.6 Å². The number of rotatable bonds is 7. The summed E-state index contributed by atoms with van der Waals surface area (Å²) >= 11 is 0. The number of hydrogen-bond donors (Lipinski definition) is 1. The molecule has 2 aromatic rings. The highest BCUT2D eigenvalue weighted by molar-refractivity contribution is 5.76. The Hall–Kier alpha value is -2.25. The maximum Gasteiger partial charge on any atom is 0.234 e. The zero-order chi connectivity index (χ0) is 22.0. The number of nitrogens with zero attached hydrogens (tertiary/aromatic N) is 4. The zero-order valence-electron chi connectivity index (χ0n) is 19.1. The van der Waals surface area contributed by atoms with Gasteiger partial charge >= 0.3 is 0 Å². The van der Waals surface area contributed by atoms with E-state index in [1.54, 1.807) is 0 Å². The fraction of sp³-hybridized carbons (Fsp3) is 0.640. The van der Waals surface area contributed by atoms with Crippen LogP contribution in [0.25, 0.3) is 0 Å². The summed E-state index contributed by atoms with van der Waals surface area (Å²) in [5.41, 5.74) is 1.16. The minimum absolute atomic E-state index is 0.166. The highest BCUT2D eigenvalue weighted by atomic mass is 16.5. The SMILES string of the molecule is Cc1noc(C23CC(NC(=O)CCN4CCCCC4)CC2CN(Cc2ccccc2)C3)n1. The molecule has 7 heteroatoms. The van der Waals surface area contributed by atoms with Crippen LogP contribution in [0.4, 0.5) is 0 Å². The molecule has 3 heterocycles. The Morgan fingerprint density at radius 3 is 2.75 bits per heavy atom. The molecule has 3 atom stereocenters. The molecule has 1 aromatic carbocycles. The standard InChI is InChI=1S/C25H35N5O2/c1-19-26-24(32-28-19)25-15-22(27-23(31)10-13-29-11-6-3-7-12-29)14-21(25)17-30(18-25)16-20-8-4-2-5-9-20/h2,4-5,8-9,21-22H,3,6-7,10-18H2,1H3,(H,27,31). The molecule has 0 spiro atoms. The van der Waals surface area contributed by atoms with Crippen molar-refractivity contribution >= 4 is 5.91 Å². The Morgan fingerprint density at radius 1 is 1.19 bits per heavy atom. The van der Waals surface area contributed by atoms with Gasteiger partial charge in [0.15, 0.2) is 5.82 Å². The highest BCUT2D eigenvalue weighted by Gasteiger charge is 2.57. The van der Waals surface area contributed by atoms with Gasteiger partial charge in [-0.1, -0.05) is 41.9 Å². The molecule has 32 heavy (non-hydrogen) atoms. The van der Waals surface area contributed by atoms with Crippen LogP contribution in [0.1, 0.15) is 55.8 Å². The maximum atomic E-state index is 12.7. The third kappa shape index (κ3) is 4.59. The number of aromatic nitrogens is 2. The van der Waals surface area contributed by atoms with Gasteiger partial charge in [0.25, 0.3) is 0 Å². The van der Waals surface area contributed by atoms with Gasteiger partial charge in [0.2, 0.25) is 11.8 Å². The molecule has 5 rings (SSSR count). The fourth-order valence-corrected chi connectivity index (χ4v) is 6.12. The van der Waals surface area contributed by atoms with Crippen LogP contribution in [0, 0.1) is 12.8 Å². The minimum Gasteiger partial charge on any atom is -0.353 e. The number of hydrogen-bond acceptors (Lipinski definition) is 6. The summed E-state index contributed by atoms with van der Waals surface area (Å²) < 4.78 is 5.72. The second kappa shape index (κ2) is 9.32. The van der Waals surface area contributed by atoms with Gasteiger partial charge < -0.3 is 14.7 Å². The molecular formula is C25H35N5O2. The van der Waals surface area contributed by atoms with E-state index in [2.05, 4.69) is 55.6 Å². The highest BCUT2D eigenvalue weighted by Crippen LogP contribution is 2.50. The predicted molar refractivity (Wildman–Crippen MR) is 122 cm³/mol. The Balaban J connectivity index is 1.23. The van der Waals surface area contributed by atoms with E-state index in [0.717, 1.165) is 58.0 Å². The van der Waals surface area contributed by atoms with E-state index in [1.807, 2.05) is 6.92 Å². The first-order chi connectivity index (χ1) is 15.6. The first-order valence-electron chi connectivity index (χ1n) is 12.2. The second-order valence-corrected chi connectivity index (χ2v) is 10.0. The summed E-state index contributed by atoms with van der Waals surface area (Å²) in [5, 5.41) is 7.43. The van der Waals surface area contributed by atoms with Crippen molar-refractivity contribution in [3.63, 3.8) is 0 Å². The van der Waals surface area contributed by atoms with Crippen molar-refractivity contribution in [3.8, 4) is 0 Å². The molecule has 1 amide bonds. The first kappa shape index (κ1) is 21.6. The first-order valence-corrected chi connectivity index (χ1v) is 12.2. The molecule has 1 saturated carbocycles. The number of piperidine rings is 1. The van der Waals surface area contributed by atoms with Crippen LogP contribution in [0.3, 0.4) is 0 Å². The number of aryl methyl sites for hydroxylation is 1. The molecule has 0 bridgehead atoms. The summed E-state index contributed by atoms with van der Waals surface area (Å²) in [5.74, 6) is 2.03. The lowest BCUT2D eigenvalue weighted by Gasteiger charge is -2.27. The summed E-state index contributed by atoms with van der Waals surface area (Å²) in [6.45, 7) is 7.85. The monoisotopic (exact) mass is 437 g/mol. The molecule has 1 N–H and O–H groups in total. The molecule has 1 aromatic heterocycles. The smallest absolute Gasteiger partial charge is 0.234 e. The van der Waals surface area contributed by atoms with Crippen molar-refractivity contribution in [3.05, 3.63) is 47.6 Å². The molecule has 172 valence electrons. The van der Waals surface area contributed by atoms with Gasteiger partial charge in [-0.2, -0.15) is 4.98 Å². The minimum atomic E-state index is -0.166. The summed E-state index contributed by atoms with van der Waals surface area (Å²) in [4.78, 5) is 22.3. The number of benzene rings is 1. The summed E-state index contributed by atoms with van der Waals surface area (Å²) in [6, 6.07) is 10.8. The van der Waals surface area contributed by atoms with Crippen molar-refractivity contribution in [1.29, 1.82) is 0 Å². The average molecular weight is 438 g/mol. The van der Waals surface area contributed by atoms with Crippen molar-refractivity contribution in [1.82, 2.24) is 25.3 Å². The Morgan fingerprint density at radius 2 is 2.00 bits per heavy atom. The van der Waals surface area contributed by atoms with Gasteiger partial charge in [-0.3, -0.25) is 9.69 Å². The third-order valence-corrected chi connectivity index (χ3v) is 7.62. The number of nitrogens with one attached hydrogen (secondary N) is 1. The van der Waals surface area contributed by atoms with Crippen LogP contribution in [0.5, 0.6) is 0 Å². The van der Waals surface area contributed by atoms with E-state index >= 15 is 0 Å². The third-order valence-electron chi connectivity index (χ3n) is 7.62.